The Kier molecular flexibility index (Phi) is 3.26. The molecule has 0 spiro atoms. The van der Waals surface area contributed by atoms with E-state index in [-0.39, 0.29) is 5.75 Å². The lowest BCUT2D eigenvalue weighted by Gasteiger charge is -2.14. The molecule has 0 fully saturated rings. The zero-order valence-electron chi connectivity index (χ0n) is 7.79. The van der Waals surface area contributed by atoms with Crippen LogP contribution in [0.1, 0.15) is 27.7 Å². The SMILES string of the molecule is CCS(=O)(=O)[N]C(=O)C(C)(C)C. The van der Waals surface area contributed by atoms with Crippen LogP contribution in [0.15, 0.2) is 0 Å². The maximum atomic E-state index is 11.1. The van der Waals surface area contributed by atoms with Crippen LogP contribution in [0.4, 0.5) is 0 Å². The molecule has 0 aliphatic rings. The van der Waals surface area contributed by atoms with Crippen molar-refractivity contribution in [1.29, 1.82) is 0 Å². The number of hydrogen-bond acceptors (Lipinski definition) is 3. The fourth-order valence-electron chi connectivity index (χ4n) is 0.328. The van der Waals surface area contributed by atoms with Crippen LogP contribution in [0, 0.1) is 5.41 Å². The van der Waals surface area contributed by atoms with E-state index < -0.39 is 21.3 Å². The second kappa shape index (κ2) is 3.43. The molecule has 1 amide bonds. The Morgan fingerprint density at radius 3 is 2.00 bits per heavy atom. The molecule has 12 heavy (non-hydrogen) atoms. The fourth-order valence-corrected chi connectivity index (χ4v) is 0.983. The topological polar surface area (TPSA) is 65.3 Å². The quantitative estimate of drug-likeness (QED) is 0.640. The van der Waals surface area contributed by atoms with Gasteiger partial charge in [0.1, 0.15) is 0 Å². The van der Waals surface area contributed by atoms with E-state index >= 15 is 0 Å². The highest BCUT2D eigenvalue weighted by atomic mass is 32.2. The summed E-state index contributed by atoms with van der Waals surface area (Å²) < 4.78 is 24.9. The van der Waals surface area contributed by atoms with Crippen LogP contribution >= 0.6 is 0 Å². The van der Waals surface area contributed by atoms with E-state index in [0.29, 0.717) is 0 Å². The van der Waals surface area contributed by atoms with Crippen LogP contribution in [0.5, 0.6) is 0 Å². The van der Waals surface area contributed by atoms with Gasteiger partial charge in [0.2, 0.25) is 0 Å². The second-order valence-corrected chi connectivity index (χ2v) is 5.44. The first-order chi connectivity index (χ1) is 5.19. The summed E-state index contributed by atoms with van der Waals surface area (Å²) >= 11 is 0. The van der Waals surface area contributed by atoms with Gasteiger partial charge in [0.25, 0.3) is 15.9 Å². The summed E-state index contributed by atoms with van der Waals surface area (Å²) in [5, 5.41) is 0. The van der Waals surface area contributed by atoms with Gasteiger partial charge in [0, 0.05) is 5.41 Å². The van der Waals surface area contributed by atoms with Crippen LogP contribution in [0.3, 0.4) is 0 Å². The van der Waals surface area contributed by atoms with Gasteiger partial charge < -0.3 is 0 Å². The van der Waals surface area contributed by atoms with Gasteiger partial charge in [-0.3, -0.25) is 4.79 Å². The zero-order valence-corrected chi connectivity index (χ0v) is 8.60. The Morgan fingerprint density at radius 1 is 1.33 bits per heavy atom. The average Bonchev–Trinajstić information content (AvgIpc) is 1.85. The predicted octanol–water partition coefficient (Wildman–Crippen LogP) is 0.513. The average molecular weight is 192 g/mol. The van der Waals surface area contributed by atoms with Gasteiger partial charge in [0.05, 0.1) is 5.75 Å². The summed E-state index contributed by atoms with van der Waals surface area (Å²) in [5.41, 5.74) is -0.720. The van der Waals surface area contributed by atoms with Crippen LogP contribution < -0.4 is 4.72 Å². The van der Waals surface area contributed by atoms with Crippen molar-refractivity contribution in [2.45, 2.75) is 27.7 Å². The smallest absolute Gasteiger partial charge is 0.261 e. The van der Waals surface area contributed by atoms with Crippen LogP contribution in [0.25, 0.3) is 0 Å². The van der Waals surface area contributed by atoms with Crippen molar-refractivity contribution < 1.29 is 13.2 Å². The Balaban J connectivity index is 4.42. The molecule has 0 aromatic rings. The van der Waals surface area contributed by atoms with E-state index in [2.05, 4.69) is 4.72 Å². The number of sulfonamides is 1. The van der Waals surface area contributed by atoms with Crippen LogP contribution in [0.2, 0.25) is 0 Å². The number of carbonyl (C=O) groups excluding carboxylic acids is 1. The van der Waals surface area contributed by atoms with E-state index in [9.17, 15) is 13.2 Å². The fraction of sp³-hybridized carbons (Fsp3) is 0.857. The van der Waals surface area contributed by atoms with E-state index in [1.807, 2.05) is 0 Å². The number of hydrogen-bond donors (Lipinski definition) is 0. The molecule has 0 rings (SSSR count). The number of rotatable bonds is 2. The molecule has 0 aromatic heterocycles. The van der Waals surface area contributed by atoms with Crippen molar-refractivity contribution in [3.63, 3.8) is 0 Å². The lowest BCUT2D eigenvalue weighted by atomic mass is 9.96. The number of nitrogens with zero attached hydrogens (tertiary/aromatic N) is 1. The van der Waals surface area contributed by atoms with E-state index in [0.717, 1.165) is 0 Å². The molecule has 0 aliphatic heterocycles. The molecule has 0 saturated heterocycles. The molecule has 0 saturated carbocycles. The molecule has 0 N–H and O–H groups in total. The molecule has 0 bridgehead atoms. The Morgan fingerprint density at radius 2 is 1.75 bits per heavy atom. The number of amides is 1. The summed E-state index contributed by atoms with van der Waals surface area (Å²) in [4.78, 5) is 11.1. The molecule has 71 valence electrons. The molecule has 0 unspecified atom stereocenters. The van der Waals surface area contributed by atoms with Gasteiger partial charge in [-0.05, 0) is 6.92 Å². The minimum Gasteiger partial charge on any atom is -0.271 e. The van der Waals surface area contributed by atoms with Crippen LogP contribution in [-0.4, -0.2) is 20.1 Å². The van der Waals surface area contributed by atoms with Gasteiger partial charge in [-0.15, -0.1) is 4.72 Å². The third kappa shape index (κ3) is 3.71. The lowest BCUT2D eigenvalue weighted by molar-refractivity contribution is -0.126. The highest BCUT2D eigenvalue weighted by molar-refractivity contribution is 7.89. The molecular formula is C7H14NO3S. The normalized spacial score (nSPS) is 12.7. The Labute approximate surface area is 73.4 Å². The minimum absolute atomic E-state index is 0.130. The molecule has 0 aromatic carbocycles. The maximum absolute atomic E-state index is 11.1. The second-order valence-electron chi connectivity index (χ2n) is 3.52. The van der Waals surface area contributed by atoms with Gasteiger partial charge >= 0.3 is 0 Å². The maximum Gasteiger partial charge on any atom is 0.261 e. The highest BCUT2D eigenvalue weighted by Gasteiger charge is 2.26. The summed E-state index contributed by atoms with van der Waals surface area (Å²) in [6, 6.07) is 0. The standard InChI is InChI=1S/C7H14NO3S/c1-5-12(10,11)8-6(9)7(2,3)4/h5H2,1-4H3. The van der Waals surface area contributed by atoms with Gasteiger partial charge in [0.15, 0.2) is 0 Å². The van der Waals surface area contributed by atoms with E-state index in [1.165, 1.54) is 6.92 Å². The molecule has 1 radical (unpaired) electrons. The monoisotopic (exact) mass is 192 g/mol. The number of carbonyl (C=O) groups is 1. The summed E-state index contributed by atoms with van der Waals surface area (Å²) in [6.45, 7) is 6.34. The molecule has 0 heterocycles. The molecule has 5 heteroatoms. The summed E-state index contributed by atoms with van der Waals surface area (Å²) in [6.07, 6.45) is 0. The van der Waals surface area contributed by atoms with Crippen molar-refractivity contribution in [2.75, 3.05) is 5.75 Å². The van der Waals surface area contributed by atoms with Gasteiger partial charge in [-0.1, -0.05) is 20.8 Å². The van der Waals surface area contributed by atoms with E-state index in [1.54, 1.807) is 20.8 Å². The first-order valence-electron chi connectivity index (χ1n) is 3.69. The van der Waals surface area contributed by atoms with Crippen molar-refractivity contribution >= 4 is 15.9 Å². The lowest BCUT2D eigenvalue weighted by Crippen LogP contribution is -2.34. The third-order valence-electron chi connectivity index (χ3n) is 1.23. The van der Waals surface area contributed by atoms with Gasteiger partial charge in [-0.2, -0.15) is 0 Å². The molecular weight excluding hydrogens is 178 g/mol. The predicted molar refractivity (Wildman–Crippen MR) is 46.1 cm³/mol. The molecule has 4 nitrogen and oxygen atoms in total. The first-order valence-corrected chi connectivity index (χ1v) is 5.30. The Hall–Kier alpha value is -0.580. The van der Waals surface area contributed by atoms with Crippen molar-refractivity contribution in [3.8, 4) is 0 Å². The van der Waals surface area contributed by atoms with Crippen LogP contribution in [-0.2, 0) is 14.8 Å². The molecule has 0 aliphatic carbocycles. The summed E-state index contributed by atoms with van der Waals surface area (Å²) in [7, 11) is -3.53. The van der Waals surface area contributed by atoms with E-state index in [4.69, 9.17) is 0 Å². The minimum atomic E-state index is -3.53. The van der Waals surface area contributed by atoms with Gasteiger partial charge in [-0.25, -0.2) is 8.42 Å². The highest BCUT2D eigenvalue weighted by Crippen LogP contribution is 2.13. The third-order valence-corrected chi connectivity index (χ3v) is 2.40. The van der Waals surface area contributed by atoms with Crippen molar-refractivity contribution in [2.24, 2.45) is 5.41 Å². The summed E-state index contributed by atoms with van der Waals surface area (Å²) in [5.74, 6) is -0.723. The van der Waals surface area contributed by atoms with Crippen molar-refractivity contribution in [1.82, 2.24) is 4.72 Å². The largest absolute Gasteiger partial charge is 0.271 e. The van der Waals surface area contributed by atoms with Crippen molar-refractivity contribution in [3.05, 3.63) is 0 Å². The zero-order chi connectivity index (χ0) is 9.99. The molecule has 0 atom stereocenters. The first kappa shape index (κ1) is 11.4. The Bertz CT molecular complexity index is 261.